The average molecular weight is 535 g/mol. The van der Waals surface area contributed by atoms with E-state index in [2.05, 4.69) is 47.8 Å². The molecule has 0 N–H and O–H groups in total. The van der Waals surface area contributed by atoms with Crippen LogP contribution < -0.4 is 19.8 Å². The number of anilines is 1. The lowest BCUT2D eigenvalue weighted by Gasteiger charge is -2.32. The number of carbonyl (C=O) groups excluding carboxylic acids is 1. The van der Waals surface area contributed by atoms with Gasteiger partial charge in [-0.05, 0) is 44.0 Å². The molecule has 2 aliphatic rings. The SMILES string of the molecule is CCOC(=O)C1=C(C)N=c2s/c(=C/c3ccc(N4CCN(C)CC4)o3)c(=O)n2C1c1ccc(C(C)C)cc1. The summed E-state index contributed by atoms with van der Waals surface area (Å²) in [6, 6.07) is 11.3. The molecule has 0 saturated carbocycles. The zero-order valence-electron chi connectivity index (χ0n) is 22.6. The predicted molar refractivity (Wildman–Crippen MR) is 149 cm³/mol. The van der Waals surface area contributed by atoms with E-state index in [9.17, 15) is 9.59 Å². The van der Waals surface area contributed by atoms with Crippen LogP contribution >= 0.6 is 11.3 Å². The Morgan fingerprint density at radius 3 is 2.53 bits per heavy atom. The maximum atomic E-state index is 13.8. The van der Waals surface area contributed by atoms with Crippen LogP contribution in [-0.4, -0.2) is 55.3 Å². The Hall–Kier alpha value is -3.43. The summed E-state index contributed by atoms with van der Waals surface area (Å²) in [6.45, 7) is 11.8. The first-order valence-electron chi connectivity index (χ1n) is 13.1. The van der Waals surface area contributed by atoms with E-state index in [-0.39, 0.29) is 12.2 Å². The molecule has 8 nitrogen and oxygen atoms in total. The number of carbonyl (C=O) groups is 1. The van der Waals surface area contributed by atoms with Gasteiger partial charge in [0.15, 0.2) is 10.7 Å². The fourth-order valence-electron chi connectivity index (χ4n) is 4.92. The second kappa shape index (κ2) is 10.7. The predicted octanol–water partition coefficient (Wildman–Crippen LogP) is 3.27. The minimum Gasteiger partial charge on any atom is -0.463 e. The van der Waals surface area contributed by atoms with Crippen LogP contribution in [0.25, 0.3) is 6.08 Å². The number of piperazine rings is 1. The van der Waals surface area contributed by atoms with Crippen LogP contribution in [0.4, 0.5) is 5.88 Å². The molecular weight excluding hydrogens is 500 g/mol. The first-order chi connectivity index (χ1) is 18.3. The lowest BCUT2D eigenvalue weighted by atomic mass is 9.93. The van der Waals surface area contributed by atoms with Gasteiger partial charge in [-0.25, -0.2) is 9.79 Å². The fraction of sp³-hybridized carbons (Fsp3) is 0.414. The number of hydrogen-bond acceptors (Lipinski definition) is 8. The van der Waals surface area contributed by atoms with Crippen LogP contribution in [0.1, 0.15) is 56.5 Å². The van der Waals surface area contributed by atoms with Gasteiger partial charge >= 0.3 is 5.97 Å². The van der Waals surface area contributed by atoms with Gasteiger partial charge in [0.05, 0.1) is 28.5 Å². The molecule has 38 heavy (non-hydrogen) atoms. The third-order valence-electron chi connectivity index (χ3n) is 7.14. The van der Waals surface area contributed by atoms with Crippen LogP contribution in [0.3, 0.4) is 0 Å². The molecule has 3 aromatic rings. The third kappa shape index (κ3) is 5.00. The van der Waals surface area contributed by atoms with Crippen molar-refractivity contribution in [3.63, 3.8) is 0 Å². The average Bonchev–Trinajstić information content (AvgIpc) is 3.48. The molecule has 0 spiro atoms. The molecule has 1 fully saturated rings. The Morgan fingerprint density at radius 2 is 1.87 bits per heavy atom. The summed E-state index contributed by atoms with van der Waals surface area (Å²) in [4.78, 5) is 36.6. The number of benzene rings is 1. The largest absolute Gasteiger partial charge is 0.463 e. The van der Waals surface area contributed by atoms with E-state index in [1.807, 2.05) is 24.3 Å². The van der Waals surface area contributed by atoms with Crippen molar-refractivity contribution in [3.05, 3.63) is 84.2 Å². The number of rotatable bonds is 6. The molecule has 1 atom stereocenters. The molecule has 2 aliphatic heterocycles. The first kappa shape index (κ1) is 26.2. The zero-order valence-corrected chi connectivity index (χ0v) is 23.4. The van der Waals surface area contributed by atoms with E-state index in [0.717, 1.165) is 37.6 Å². The van der Waals surface area contributed by atoms with E-state index in [4.69, 9.17) is 9.15 Å². The zero-order chi connectivity index (χ0) is 27.0. The summed E-state index contributed by atoms with van der Waals surface area (Å²) in [7, 11) is 2.12. The number of esters is 1. The van der Waals surface area contributed by atoms with E-state index < -0.39 is 12.0 Å². The van der Waals surface area contributed by atoms with Gasteiger partial charge in [0.1, 0.15) is 5.76 Å². The van der Waals surface area contributed by atoms with Crippen molar-refractivity contribution >= 4 is 29.3 Å². The molecule has 5 rings (SSSR count). The number of likely N-dealkylation sites (N-methyl/N-ethyl adjacent to an activating group) is 1. The van der Waals surface area contributed by atoms with Gasteiger partial charge in [-0.1, -0.05) is 49.4 Å². The maximum Gasteiger partial charge on any atom is 0.338 e. The van der Waals surface area contributed by atoms with Crippen molar-refractivity contribution in [3.8, 4) is 0 Å². The number of hydrogen-bond donors (Lipinski definition) is 0. The summed E-state index contributed by atoms with van der Waals surface area (Å²) < 4.78 is 13.6. The van der Waals surface area contributed by atoms with Gasteiger partial charge in [0.25, 0.3) is 5.56 Å². The molecule has 200 valence electrons. The maximum absolute atomic E-state index is 13.8. The molecule has 0 bridgehead atoms. The van der Waals surface area contributed by atoms with Gasteiger partial charge in [-0.2, -0.15) is 0 Å². The van der Waals surface area contributed by atoms with Crippen LogP contribution in [0.2, 0.25) is 0 Å². The van der Waals surface area contributed by atoms with Gasteiger partial charge in [-0.15, -0.1) is 0 Å². The second-order valence-corrected chi connectivity index (χ2v) is 11.1. The van der Waals surface area contributed by atoms with Gasteiger partial charge < -0.3 is 19.0 Å². The van der Waals surface area contributed by atoms with Crippen molar-refractivity contribution in [2.24, 2.45) is 4.99 Å². The van der Waals surface area contributed by atoms with Crippen molar-refractivity contribution in [1.82, 2.24) is 9.47 Å². The Kier molecular flexibility index (Phi) is 7.40. The number of thiazole rings is 1. The van der Waals surface area contributed by atoms with E-state index in [1.165, 1.54) is 16.9 Å². The molecule has 1 aromatic carbocycles. The summed E-state index contributed by atoms with van der Waals surface area (Å²) in [6.07, 6.45) is 1.77. The minimum atomic E-state index is -0.619. The number of nitrogens with zero attached hydrogens (tertiary/aromatic N) is 4. The van der Waals surface area contributed by atoms with E-state index in [1.54, 1.807) is 24.5 Å². The molecule has 9 heteroatoms. The number of allylic oxidation sites excluding steroid dienone is 1. The second-order valence-electron chi connectivity index (χ2n) is 10.1. The third-order valence-corrected chi connectivity index (χ3v) is 8.12. The number of ether oxygens (including phenoxy) is 1. The molecule has 1 unspecified atom stereocenters. The lowest BCUT2D eigenvalue weighted by Crippen LogP contribution is -2.44. The van der Waals surface area contributed by atoms with Crippen molar-refractivity contribution in [2.75, 3.05) is 44.7 Å². The van der Waals surface area contributed by atoms with Crippen molar-refractivity contribution in [1.29, 1.82) is 0 Å². The number of aromatic nitrogens is 1. The van der Waals surface area contributed by atoms with Crippen molar-refractivity contribution < 1.29 is 13.9 Å². The highest BCUT2D eigenvalue weighted by atomic mass is 32.1. The monoisotopic (exact) mass is 534 g/mol. The normalized spacial score (nSPS) is 18.6. The Morgan fingerprint density at radius 1 is 1.16 bits per heavy atom. The van der Waals surface area contributed by atoms with E-state index >= 15 is 0 Å². The highest BCUT2D eigenvalue weighted by Gasteiger charge is 2.33. The molecule has 2 aromatic heterocycles. The minimum absolute atomic E-state index is 0.210. The van der Waals surface area contributed by atoms with E-state index in [0.29, 0.717) is 32.3 Å². The van der Waals surface area contributed by atoms with Crippen molar-refractivity contribution in [2.45, 2.75) is 39.7 Å². The molecule has 1 saturated heterocycles. The summed E-state index contributed by atoms with van der Waals surface area (Å²) in [5.41, 5.74) is 2.77. The standard InChI is InChI=1S/C29H34N4O4S/c1-6-36-28(35)25-19(4)30-29-33(26(25)21-9-7-20(8-10-21)18(2)3)27(34)23(38-29)17-22-11-12-24(37-22)32-15-13-31(5)14-16-32/h7-12,17-18,26H,6,13-16H2,1-5H3/b23-17+. The van der Waals surface area contributed by atoms with Gasteiger partial charge in [0, 0.05) is 38.3 Å². The van der Waals surface area contributed by atoms with Crippen LogP contribution in [0.15, 0.2) is 61.9 Å². The topological polar surface area (TPSA) is 80.3 Å². The quantitative estimate of drug-likeness (QED) is 0.452. The fourth-order valence-corrected chi connectivity index (χ4v) is 5.94. The van der Waals surface area contributed by atoms with Crippen LogP contribution in [0, 0.1) is 0 Å². The molecule has 0 radical (unpaired) electrons. The Balaban J connectivity index is 1.57. The van der Waals surface area contributed by atoms with Crippen LogP contribution in [0.5, 0.6) is 0 Å². The molecule has 0 amide bonds. The molecule has 4 heterocycles. The summed E-state index contributed by atoms with van der Waals surface area (Å²) in [5, 5.41) is 0. The highest BCUT2D eigenvalue weighted by molar-refractivity contribution is 7.07. The lowest BCUT2D eigenvalue weighted by molar-refractivity contribution is -0.139. The summed E-state index contributed by atoms with van der Waals surface area (Å²) >= 11 is 1.30. The van der Waals surface area contributed by atoms with Crippen LogP contribution in [-0.2, 0) is 9.53 Å². The highest BCUT2D eigenvalue weighted by Crippen LogP contribution is 2.31. The molecule has 0 aliphatic carbocycles. The first-order valence-corrected chi connectivity index (χ1v) is 13.9. The summed E-state index contributed by atoms with van der Waals surface area (Å²) in [5.74, 6) is 1.34. The van der Waals surface area contributed by atoms with Gasteiger partial charge in [0.2, 0.25) is 0 Å². The van der Waals surface area contributed by atoms with Gasteiger partial charge in [-0.3, -0.25) is 9.36 Å². The number of fused-ring (bicyclic) bond motifs is 1. The molecular formula is C29H34N4O4S. The number of furan rings is 1. The Labute approximate surface area is 226 Å². The Bertz CT molecular complexity index is 1540. The smallest absolute Gasteiger partial charge is 0.338 e.